The van der Waals surface area contributed by atoms with Gasteiger partial charge in [0.2, 0.25) is 5.91 Å². The molecule has 1 aliphatic heterocycles. The Morgan fingerprint density at radius 2 is 1.78 bits per heavy atom. The lowest BCUT2D eigenvalue weighted by Gasteiger charge is -2.30. The topological polar surface area (TPSA) is 51.0 Å². The summed E-state index contributed by atoms with van der Waals surface area (Å²) in [5, 5.41) is 9.59. The molecule has 5 nitrogen and oxygen atoms in total. The third kappa shape index (κ3) is 4.05. The molecule has 0 radical (unpaired) electrons. The summed E-state index contributed by atoms with van der Waals surface area (Å²) < 4.78 is 2.29. The minimum Gasteiger partial charge on any atom is -0.341 e. The molecule has 1 amide bonds. The van der Waals surface area contributed by atoms with Crippen LogP contribution in [0.2, 0.25) is 0 Å². The number of carbonyl (C=O) groups excluding carboxylic acids is 1. The maximum Gasteiger partial charge on any atom is 0.240 e. The van der Waals surface area contributed by atoms with E-state index in [1.54, 1.807) is 11.8 Å². The van der Waals surface area contributed by atoms with Gasteiger partial charge in [-0.15, -0.1) is 10.2 Å². The van der Waals surface area contributed by atoms with E-state index in [-0.39, 0.29) is 11.2 Å². The van der Waals surface area contributed by atoms with Crippen LogP contribution in [0.15, 0.2) is 35.5 Å². The van der Waals surface area contributed by atoms with Gasteiger partial charge in [-0.05, 0) is 37.7 Å². The Morgan fingerprint density at radius 3 is 2.41 bits per heavy atom. The second-order valence-electron chi connectivity index (χ2n) is 7.89. The minimum absolute atomic E-state index is 0.211. The number of hydrogen-bond acceptors (Lipinski definition) is 4. The third-order valence-corrected chi connectivity index (χ3v) is 6.54. The average molecular weight is 385 g/mol. The molecule has 1 aliphatic carbocycles. The number of nitrogens with zero attached hydrogens (tertiary/aromatic N) is 4. The highest BCUT2D eigenvalue weighted by Crippen LogP contribution is 2.43. The smallest absolute Gasteiger partial charge is 0.240 e. The fourth-order valence-corrected chi connectivity index (χ4v) is 4.91. The molecule has 6 heteroatoms. The highest BCUT2D eigenvalue weighted by Gasteiger charge is 2.34. The van der Waals surface area contributed by atoms with Gasteiger partial charge in [-0.2, -0.15) is 0 Å². The first-order valence-electron chi connectivity index (χ1n) is 10.1. The van der Waals surface area contributed by atoms with Crippen LogP contribution in [-0.2, 0) is 4.79 Å². The molecule has 2 aromatic rings. The zero-order chi connectivity index (χ0) is 18.8. The molecule has 2 heterocycles. The molecule has 1 saturated carbocycles. The Bertz CT molecular complexity index is 779. The van der Waals surface area contributed by atoms with Crippen molar-refractivity contribution in [2.24, 2.45) is 0 Å². The number of carbonyl (C=O) groups is 1. The quantitative estimate of drug-likeness (QED) is 0.684. The Balaban J connectivity index is 1.65. The van der Waals surface area contributed by atoms with Crippen LogP contribution in [0.25, 0.3) is 0 Å². The van der Waals surface area contributed by atoms with Crippen molar-refractivity contribution in [1.82, 2.24) is 19.7 Å². The monoisotopic (exact) mass is 384 g/mol. The summed E-state index contributed by atoms with van der Waals surface area (Å²) >= 11 is 1.57. The van der Waals surface area contributed by atoms with Crippen LogP contribution in [0.3, 0.4) is 0 Å². The van der Waals surface area contributed by atoms with Gasteiger partial charge in [0.15, 0.2) is 5.16 Å². The van der Waals surface area contributed by atoms with Crippen LogP contribution < -0.4 is 0 Å². The van der Waals surface area contributed by atoms with Crippen molar-refractivity contribution in [3.8, 4) is 0 Å². The number of rotatable bonds is 6. The van der Waals surface area contributed by atoms with E-state index in [4.69, 9.17) is 0 Å². The van der Waals surface area contributed by atoms with Crippen LogP contribution in [0.4, 0.5) is 0 Å². The van der Waals surface area contributed by atoms with Crippen molar-refractivity contribution >= 4 is 17.7 Å². The number of benzene rings is 1. The predicted octanol–water partition coefficient (Wildman–Crippen LogP) is 4.58. The van der Waals surface area contributed by atoms with E-state index in [0.717, 1.165) is 42.5 Å². The van der Waals surface area contributed by atoms with E-state index in [2.05, 4.69) is 40.7 Å². The maximum absolute atomic E-state index is 13.4. The second kappa shape index (κ2) is 8.05. The number of aromatic nitrogens is 3. The van der Waals surface area contributed by atoms with Gasteiger partial charge < -0.3 is 9.47 Å². The number of amides is 1. The maximum atomic E-state index is 13.4. The Kier molecular flexibility index (Phi) is 5.53. The highest BCUT2D eigenvalue weighted by molar-refractivity contribution is 8.00. The first-order valence-corrected chi connectivity index (χ1v) is 11.0. The molecule has 1 aromatic carbocycles. The van der Waals surface area contributed by atoms with Crippen molar-refractivity contribution in [2.75, 3.05) is 13.1 Å². The summed E-state index contributed by atoms with van der Waals surface area (Å²) in [6.45, 7) is 6.06. The lowest BCUT2D eigenvalue weighted by atomic mass is 10.1. The van der Waals surface area contributed by atoms with Crippen molar-refractivity contribution in [1.29, 1.82) is 0 Å². The Morgan fingerprint density at radius 1 is 1.07 bits per heavy atom. The minimum atomic E-state index is -0.258. The van der Waals surface area contributed by atoms with Crippen molar-refractivity contribution in [3.63, 3.8) is 0 Å². The number of piperidine rings is 1. The molecule has 1 atom stereocenters. The third-order valence-electron chi connectivity index (χ3n) is 5.34. The molecule has 2 aliphatic rings. The fraction of sp³-hybridized carbons (Fsp3) is 0.571. The predicted molar refractivity (Wildman–Crippen MR) is 108 cm³/mol. The molecule has 0 N–H and O–H groups in total. The zero-order valence-electron chi connectivity index (χ0n) is 16.2. The van der Waals surface area contributed by atoms with Crippen LogP contribution in [0.5, 0.6) is 0 Å². The molecule has 1 unspecified atom stereocenters. The van der Waals surface area contributed by atoms with Gasteiger partial charge in [0, 0.05) is 25.0 Å². The van der Waals surface area contributed by atoms with Gasteiger partial charge in [0.25, 0.3) is 0 Å². The molecule has 1 aromatic heterocycles. The summed E-state index contributed by atoms with van der Waals surface area (Å²) in [4.78, 5) is 15.4. The zero-order valence-corrected chi connectivity index (χ0v) is 17.0. The lowest BCUT2D eigenvalue weighted by molar-refractivity contribution is -0.131. The van der Waals surface area contributed by atoms with E-state index in [1.165, 1.54) is 19.3 Å². The molecule has 27 heavy (non-hydrogen) atoms. The Labute approximate surface area is 165 Å². The standard InChI is InChI=1S/C21H28N4OS/c1-15(2)19-22-23-21(25(19)17-11-12-17)27-18(16-9-5-3-6-10-16)20(26)24-13-7-4-8-14-24/h3,5-6,9-10,15,17-18H,4,7-8,11-14H2,1-2H3. The van der Waals surface area contributed by atoms with Gasteiger partial charge in [-0.3, -0.25) is 4.79 Å². The van der Waals surface area contributed by atoms with Crippen LogP contribution >= 0.6 is 11.8 Å². The van der Waals surface area contributed by atoms with E-state index >= 15 is 0 Å². The van der Waals surface area contributed by atoms with E-state index < -0.39 is 0 Å². The molecule has 0 spiro atoms. The molecule has 0 bridgehead atoms. The van der Waals surface area contributed by atoms with Gasteiger partial charge >= 0.3 is 0 Å². The van der Waals surface area contributed by atoms with E-state index in [0.29, 0.717) is 12.0 Å². The van der Waals surface area contributed by atoms with Crippen molar-refractivity contribution < 1.29 is 4.79 Å². The highest BCUT2D eigenvalue weighted by atomic mass is 32.2. The van der Waals surface area contributed by atoms with Crippen molar-refractivity contribution in [3.05, 3.63) is 41.7 Å². The molecule has 1 saturated heterocycles. The van der Waals surface area contributed by atoms with Crippen molar-refractivity contribution in [2.45, 2.75) is 68.3 Å². The first kappa shape index (κ1) is 18.5. The molecule has 4 rings (SSSR count). The van der Waals surface area contributed by atoms with Gasteiger partial charge in [0.05, 0.1) is 0 Å². The SMILES string of the molecule is CC(C)c1nnc(SC(C(=O)N2CCCCC2)c2ccccc2)n1C1CC1. The van der Waals surface area contributed by atoms with Crippen LogP contribution in [0, 0.1) is 0 Å². The molecular weight excluding hydrogens is 356 g/mol. The van der Waals surface area contributed by atoms with E-state index in [9.17, 15) is 4.79 Å². The second-order valence-corrected chi connectivity index (χ2v) is 8.96. The summed E-state index contributed by atoms with van der Waals surface area (Å²) in [5.74, 6) is 1.58. The summed E-state index contributed by atoms with van der Waals surface area (Å²) in [7, 11) is 0. The lowest BCUT2D eigenvalue weighted by Crippen LogP contribution is -2.38. The fourth-order valence-electron chi connectivity index (χ4n) is 3.71. The molecule has 144 valence electrons. The van der Waals surface area contributed by atoms with Gasteiger partial charge in [0.1, 0.15) is 11.1 Å². The average Bonchev–Trinajstić information content (AvgIpc) is 3.46. The van der Waals surface area contributed by atoms with Crippen LogP contribution in [-0.4, -0.2) is 38.7 Å². The van der Waals surface area contributed by atoms with Gasteiger partial charge in [-0.25, -0.2) is 0 Å². The normalized spacial score (nSPS) is 18.7. The first-order chi connectivity index (χ1) is 13.1. The number of hydrogen-bond donors (Lipinski definition) is 0. The number of thioether (sulfide) groups is 1. The number of likely N-dealkylation sites (tertiary alicyclic amines) is 1. The summed E-state index contributed by atoms with van der Waals surface area (Å²) in [5.41, 5.74) is 1.05. The summed E-state index contributed by atoms with van der Waals surface area (Å²) in [6.07, 6.45) is 5.80. The largest absolute Gasteiger partial charge is 0.341 e. The summed E-state index contributed by atoms with van der Waals surface area (Å²) in [6, 6.07) is 10.6. The Hall–Kier alpha value is -1.82. The van der Waals surface area contributed by atoms with Crippen LogP contribution in [0.1, 0.15) is 74.5 Å². The molecule has 2 fully saturated rings. The van der Waals surface area contributed by atoms with E-state index in [1.807, 2.05) is 23.1 Å². The molecular formula is C21H28N4OS. The van der Waals surface area contributed by atoms with Gasteiger partial charge in [-0.1, -0.05) is 55.9 Å².